The molecule has 14 heavy (non-hydrogen) atoms. The van der Waals surface area contributed by atoms with Crippen molar-refractivity contribution in [1.29, 1.82) is 0 Å². The Balaban J connectivity index is 2.26. The van der Waals surface area contributed by atoms with Crippen LogP contribution in [-0.2, 0) is 0 Å². The van der Waals surface area contributed by atoms with E-state index < -0.39 is 0 Å². The molecule has 0 amide bonds. The SMILES string of the molecule is C1=CC(n2cnc3ccccc32)=N[N]1. The second kappa shape index (κ2) is 2.70. The lowest BCUT2D eigenvalue weighted by atomic mass is 10.3. The van der Waals surface area contributed by atoms with Crippen molar-refractivity contribution in [2.45, 2.75) is 0 Å². The first-order chi connectivity index (χ1) is 6.95. The Morgan fingerprint density at radius 2 is 2.07 bits per heavy atom. The van der Waals surface area contributed by atoms with Gasteiger partial charge in [0.1, 0.15) is 6.33 Å². The molecule has 4 heteroatoms. The van der Waals surface area contributed by atoms with E-state index in [0.29, 0.717) is 0 Å². The van der Waals surface area contributed by atoms with E-state index >= 15 is 0 Å². The van der Waals surface area contributed by atoms with E-state index in [1.165, 1.54) is 0 Å². The maximum atomic E-state index is 4.27. The second-order valence-corrected chi connectivity index (χ2v) is 2.99. The van der Waals surface area contributed by atoms with Crippen molar-refractivity contribution >= 4 is 16.9 Å². The number of rotatable bonds is 0. The van der Waals surface area contributed by atoms with Gasteiger partial charge >= 0.3 is 0 Å². The van der Waals surface area contributed by atoms with Gasteiger partial charge in [-0.05, 0) is 12.1 Å². The van der Waals surface area contributed by atoms with E-state index in [1.807, 2.05) is 34.9 Å². The topological polar surface area (TPSA) is 44.3 Å². The number of hydrogen-bond acceptors (Lipinski definition) is 2. The number of nitrogens with zero attached hydrogens (tertiary/aromatic N) is 4. The van der Waals surface area contributed by atoms with Gasteiger partial charge in [0.2, 0.25) is 0 Å². The highest BCUT2D eigenvalue weighted by atomic mass is 15.3. The lowest BCUT2D eigenvalue weighted by Gasteiger charge is -1.98. The molecule has 1 aliphatic heterocycles. The Morgan fingerprint density at radius 1 is 1.14 bits per heavy atom. The zero-order valence-electron chi connectivity index (χ0n) is 7.33. The summed E-state index contributed by atoms with van der Waals surface area (Å²) in [7, 11) is 0. The Kier molecular flexibility index (Phi) is 1.41. The zero-order valence-corrected chi connectivity index (χ0v) is 7.33. The second-order valence-electron chi connectivity index (χ2n) is 2.99. The molecule has 1 aromatic carbocycles. The summed E-state index contributed by atoms with van der Waals surface area (Å²) in [5.74, 6) is 0.804. The van der Waals surface area contributed by atoms with Gasteiger partial charge in [-0.3, -0.25) is 4.57 Å². The van der Waals surface area contributed by atoms with E-state index in [-0.39, 0.29) is 0 Å². The first-order valence-corrected chi connectivity index (χ1v) is 4.32. The minimum atomic E-state index is 0.804. The number of benzene rings is 1. The quantitative estimate of drug-likeness (QED) is 0.607. The molecule has 0 saturated carbocycles. The number of imidazole rings is 1. The summed E-state index contributed by atoms with van der Waals surface area (Å²) in [6.07, 6.45) is 5.28. The van der Waals surface area contributed by atoms with Crippen LogP contribution in [0.4, 0.5) is 0 Å². The van der Waals surface area contributed by atoms with Crippen LogP contribution >= 0.6 is 0 Å². The van der Waals surface area contributed by atoms with Crippen molar-refractivity contribution in [3.8, 4) is 0 Å². The third-order valence-corrected chi connectivity index (χ3v) is 2.15. The van der Waals surface area contributed by atoms with Crippen LogP contribution in [0.3, 0.4) is 0 Å². The molecule has 1 radical (unpaired) electrons. The summed E-state index contributed by atoms with van der Waals surface area (Å²) >= 11 is 0. The van der Waals surface area contributed by atoms with Crippen molar-refractivity contribution in [1.82, 2.24) is 15.0 Å². The number of para-hydroxylation sites is 2. The van der Waals surface area contributed by atoms with Gasteiger partial charge in [0.25, 0.3) is 0 Å². The zero-order chi connectivity index (χ0) is 9.38. The summed E-state index contributed by atoms with van der Waals surface area (Å²) in [6.45, 7) is 0. The van der Waals surface area contributed by atoms with Crippen LogP contribution in [0.5, 0.6) is 0 Å². The van der Waals surface area contributed by atoms with Gasteiger partial charge in [-0.1, -0.05) is 12.1 Å². The van der Waals surface area contributed by atoms with Gasteiger partial charge in [-0.2, -0.15) is 5.43 Å². The van der Waals surface area contributed by atoms with Gasteiger partial charge in [-0.15, -0.1) is 5.10 Å². The molecule has 2 heterocycles. The van der Waals surface area contributed by atoms with Crippen molar-refractivity contribution in [3.63, 3.8) is 0 Å². The molecule has 0 bridgehead atoms. The maximum Gasteiger partial charge on any atom is 0.162 e. The van der Waals surface area contributed by atoms with Crippen LogP contribution in [0.1, 0.15) is 0 Å². The highest BCUT2D eigenvalue weighted by Gasteiger charge is 2.07. The van der Waals surface area contributed by atoms with E-state index in [1.54, 1.807) is 12.5 Å². The molecule has 4 nitrogen and oxygen atoms in total. The third-order valence-electron chi connectivity index (χ3n) is 2.15. The highest BCUT2D eigenvalue weighted by Crippen LogP contribution is 2.12. The number of allylic oxidation sites excluding steroid dienone is 1. The van der Waals surface area contributed by atoms with Crippen LogP contribution < -0.4 is 5.43 Å². The van der Waals surface area contributed by atoms with Crippen molar-refractivity contribution in [2.24, 2.45) is 5.10 Å². The molecule has 1 aliphatic rings. The van der Waals surface area contributed by atoms with Crippen LogP contribution in [0.15, 0.2) is 48.0 Å². The fourth-order valence-corrected chi connectivity index (χ4v) is 1.50. The predicted molar refractivity (Wildman–Crippen MR) is 53.8 cm³/mol. The number of aromatic nitrogens is 2. The minimum Gasteiger partial charge on any atom is -0.281 e. The third kappa shape index (κ3) is 0.939. The summed E-state index contributed by atoms with van der Waals surface area (Å²) in [6, 6.07) is 7.94. The predicted octanol–water partition coefficient (Wildman–Crippen LogP) is 1.33. The molecule has 0 saturated heterocycles. The van der Waals surface area contributed by atoms with Gasteiger partial charge < -0.3 is 0 Å². The number of fused-ring (bicyclic) bond motifs is 1. The monoisotopic (exact) mass is 183 g/mol. The molecule has 3 rings (SSSR count). The van der Waals surface area contributed by atoms with Crippen molar-refractivity contribution in [3.05, 3.63) is 42.9 Å². The first-order valence-electron chi connectivity index (χ1n) is 4.32. The smallest absolute Gasteiger partial charge is 0.162 e. The average molecular weight is 183 g/mol. The molecule has 2 aromatic rings. The highest BCUT2D eigenvalue weighted by molar-refractivity contribution is 6.01. The molecular formula is C10H7N4. The van der Waals surface area contributed by atoms with Gasteiger partial charge in [0.05, 0.1) is 17.2 Å². The lowest BCUT2D eigenvalue weighted by molar-refractivity contribution is 0.957. The molecule has 0 fully saturated rings. The van der Waals surface area contributed by atoms with Crippen LogP contribution in [0, 0.1) is 0 Å². The average Bonchev–Trinajstić information content (AvgIpc) is 2.85. The van der Waals surface area contributed by atoms with Crippen LogP contribution in [-0.4, -0.2) is 15.4 Å². The van der Waals surface area contributed by atoms with Crippen molar-refractivity contribution in [2.75, 3.05) is 0 Å². The Labute approximate surface area is 80.6 Å². The minimum absolute atomic E-state index is 0.804. The molecular weight excluding hydrogens is 176 g/mol. The summed E-state index contributed by atoms with van der Waals surface area (Å²) in [5, 5.41) is 3.98. The van der Waals surface area contributed by atoms with E-state index in [2.05, 4.69) is 15.5 Å². The lowest BCUT2D eigenvalue weighted by Crippen LogP contribution is -2.05. The Morgan fingerprint density at radius 3 is 2.93 bits per heavy atom. The van der Waals surface area contributed by atoms with Gasteiger partial charge in [0.15, 0.2) is 5.84 Å². The first kappa shape index (κ1) is 7.32. The maximum absolute atomic E-state index is 4.27. The standard InChI is InChI=1S/C10H7N4/c1-2-4-9-8(3-1)11-7-14(9)10-5-6-12-13-10/h1-7H. The van der Waals surface area contributed by atoms with E-state index in [0.717, 1.165) is 16.9 Å². The molecule has 0 aliphatic carbocycles. The molecule has 0 N–H and O–H groups in total. The normalized spacial score (nSPS) is 14.4. The van der Waals surface area contributed by atoms with Crippen LogP contribution in [0.2, 0.25) is 0 Å². The van der Waals surface area contributed by atoms with E-state index in [9.17, 15) is 0 Å². The summed E-state index contributed by atoms with van der Waals surface area (Å²) in [4.78, 5) is 4.27. The summed E-state index contributed by atoms with van der Waals surface area (Å²) in [5.41, 5.74) is 5.80. The Hall–Kier alpha value is -2.10. The fraction of sp³-hybridized carbons (Fsp3) is 0. The molecule has 0 unspecified atom stereocenters. The molecule has 67 valence electrons. The van der Waals surface area contributed by atoms with E-state index in [4.69, 9.17) is 0 Å². The summed E-state index contributed by atoms with van der Waals surface area (Å²) < 4.78 is 1.92. The molecule has 0 atom stereocenters. The van der Waals surface area contributed by atoms with Gasteiger partial charge in [-0.25, -0.2) is 4.98 Å². The molecule has 0 spiro atoms. The Bertz CT molecular complexity index is 536. The number of hydrogen-bond donors (Lipinski definition) is 0. The largest absolute Gasteiger partial charge is 0.281 e. The van der Waals surface area contributed by atoms with Crippen LogP contribution in [0.25, 0.3) is 11.0 Å². The molecule has 1 aromatic heterocycles. The van der Waals surface area contributed by atoms with Gasteiger partial charge in [0, 0.05) is 6.08 Å². The fourth-order valence-electron chi connectivity index (χ4n) is 1.50. The van der Waals surface area contributed by atoms with Crippen molar-refractivity contribution < 1.29 is 0 Å².